The van der Waals surface area contributed by atoms with Crippen molar-refractivity contribution in [3.8, 4) is 0 Å². The van der Waals surface area contributed by atoms with Gasteiger partial charge in [0, 0.05) is 6.20 Å². The minimum absolute atomic E-state index is 0.296. The van der Waals surface area contributed by atoms with Gasteiger partial charge in [0.25, 0.3) is 0 Å². The topological polar surface area (TPSA) is 62.2 Å². The van der Waals surface area contributed by atoms with Crippen molar-refractivity contribution in [2.24, 2.45) is 0 Å². The molecule has 0 saturated carbocycles. The van der Waals surface area contributed by atoms with Gasteiger partial charge in [-0.15, -0.1) is 0 Å². The van der Waals surface area contributed by atoms with Crippen molar-refractivity contribution < 1.29 is 18.7 Å². The van der Waals surface area contributed by atoms with Crippen LogP contribution < -0.4 is 5.32 Å². The lowest BCUT2D eigenvalue weighted by atomic mass is 10.1. The Balaban J connectivity index is 2.55. The van der Waals surface area contributed by atoms with Crippen LogP contribution >= 0.6 is 11.6 Å². The number of nitrogens with zero attached hydrogens (tertiary/aromatic N) is 1. The van der Waals surface area contributed by atoms with Gasteiger partial charge in [-0.2, -0.15) is 0 Å². The van der Waals surface area contributed by atoms with Gasteiger partial charge in [0.2, 0.25) is 0 Å². The first-order valence-electron chi connectivity index (χ1n) is 5.50. The maximum absolute atomic E-state index is 13.8. The zero-order chi connectivity index (χ0) is 14.9. The van der Waals surface area contributed by atoms with Crippen LogP contribution in [0.15, 0.2) is 24.5 Å². The molecule has 1 aromatic heterocycles. The van der Waals surface area contributed by atoms with E-state index in [0.29, 0.717) is 16.3 Å². The Morgan fingerprint density at radius 1 is 1.35 bits per heavy atom. The highest BCUT2D eigenvalue weighted by Crippen LogP contribution is 2.29. The van der Waals surface area contributed by atoms with Crippen LogP contribution in [-0.2, 0) is 0 Å². The normalized spacial score (nSPS) is 10.4. The number of carbonyl (C=O) groups is 1. The molecule has 0 unspecified atom stereocenters. The molecule has 1 aromatic carbocycles. The molecule has 4 nitrogen and oxygen atoms in total. The summed E-state index contributed by atoms with van der Waals surface area (Å²) in [5, 5.41) is 11.9. The molecule has 0 aliphatic carbocycles. The first-order valence-corrected chi connectivity index (χ1v) is 5.88. The molecule has 0 amide bonds. The average Bonchev–Trinajstić information content (AvgIpc) is 2.40. The molecule has 1 heterocycles. The molecule has 104 valence electrons. The first kappa shape index (κ1) is 14.2. The lowest BCUT2D eigenvalue weighted by Gasteiger charge is -2.13. The molecule has 2 aromatic rings. The van der Waals surface area contributed by atoms with Crippen LogP contribution in [0.2, 0.25) is 5.02 Å². The average molecular weight is 299 g/mol. The summed E-state index contributed by atoms with van der Waals surface area (Å²) in [5.74, 6) is -3.80. The lowest BCUT2D eigenvalue weighted by molar-refractivity contribution is 0.0697. The fourth-order valence-corrected chi connectivity index (χ4v) is 1.77. The summed E-state index contributed by atoms with van der Waals surface area (Å²) in [7, 11) is 0. The van der Waals surface area contributed by atoms with E-state index in [9.17, 15) is 13.6 Å². The second-order valence-electron chi connectivity index (χ2n) is 4.01. The fourth-order valence-electron chi connectivity index (χ4n) is 1.61. The van der Waals surface area contributed by atoms with Crippen molar-refractivity contribution in [1.82, 2.24) is 4.98 Å². The summed E-state index contributed by atoms with van der Waals surface area (Å²) in [6, 6.07) is 1.74. The zero-order valence-electron chi connectivity index (χ0n) is 10.2. The van der Waals surface area contributed by atoms with Crippen LogP contribution in [-0.4, -0.2) is 16.1 Å². The Morgan fingerprint density at radius 2 is 2.05 bits per heavy atom. The van der Waals surface area contributed by atoms with Gasteiger partial charge >= 0.3 is 5.97 Å². The summed E-state index contributed by atoms with van der Waals surface area (Å²) in [6.07, 6.45) is 2.74. The number of rotatable bonds is 3. The van der Waals surface area contributed by atoms with Crippen molar-refractivity contribution in [1.29, 1.82) is 0 Å². The number of pyridine rings is 1. The lowest BCUT2D eigenvalue weighted by Crippen LogP contribution is -2.07. The molecule has 0 saturated heterocycles. The van der Waals surface area contributed by atoms with Crippen LogP contribution in [0.1, 0.15) is 15.9 Å². The van der Waals surface area contributed by atoms with Crippen molar-refractivity contribution in [2.75, 3.05) is 5.32 Å². The molecule has 0 bridgehead atoms. The molecular formula is C13H9ClF2N2O2. The van der Waals surface area contributed by atoms with E-state index in [2.05, 4.69) is 10.3 Å². The quantitative estimate of drug-likeness (QED) is 0.905. The van der Waals surface area contributed by atoms with Gasteiger partial charge in [0.05, 0.1) is 28.2 Å². The summed E-state index contributed by atoms with van der Waals surface area (Å²) in [6.45, 7) is 1.64. The van der Waals surface area contributed by atoms with Gasteiger partial charge in [0.1, 0.15) is 0 Å². The predicted octanol–water partition coefficient (Wildman–Crippen LogP) is 3.76. The van der Waals surface area contributed by atoms with Gasteiger partial charge in [-0.3, -0.25) is 4.98 Å². The number of carboxylic acid groups (broad SMARTS) is 1. The molecule has 2 rings (SSSR count). The molecule has 0 spiro atoms. The number of hydrogen-bond acceptors (Lipinski definition) is 3. The second kappa shape index (κ2) is 5.42. The molecule has 0 atom stereocenters. The third-order valence-corrected chi connectivity index (χ3v) is 3.12. The van der Waals surface area contributed by atoms with Crippen molar-refractivity contribution in [3.05, 3.63) is 52.3 Å². The van der Waals surface area contributed by atoms with E-state index in [1.54, 1.807) is 6.92 Å². The van der Waals surface area contributed by atoms with Crippen LogP contribution in [0, 0.1) is 18.6 Å². The summed E-state index contributed by atoms with van der Waals surface area (Å²) in [5.41, 5.74) is -0.0147. The molecule has 0 radical (unpaired) electrons. The maximum atomic E-state index is 13.8. The zero-order valence-corrected chi connectivity index (χ0v) is 11.0. The van der Waals surface area contributed by atoms with Crippen LogP contribution in [0.3, 0.4) is 0 Å². The number of carboxylic acids is 1. The SMILES string of the molecule is Cc1c(Cl)cncc1Nc1c(C(=O)O)ccc(F)c1F. The number of halogens is 3. The molecule has 20 heavy (non-hydrogen) atoms. The van der Waals surface area contributed by atoms with E-state index in [-0.39, 0.29) is 5.56 Å². The van der Waals surface area contributed by atoms with E-state index in [1.165, 1.54) is 12.4 Å². The highest BCUT2D eigenvalue weighted by Gasteiger charge is 2.19. The number of aromatic carboxylic acids is 1. The number of anilines is 2. The molecule has 0 aliphatic heterocycles. The van der Waals surface area contributed by atoms with Crippen molar-refractivity contribution in [3.63, 3.8) is 0 Å². The number of nitrogens with one attached hydrogen (secondary N) is 1. The molecule has 0 aliphatic rings. The van der Waals surface area contributed by atoms with Gasteiger partial charge in [-0.1, -0.05) is 11.6 Å². The fraction of sp³-hybridized carbons (Fsp3) is 0.0769. The van der Waals surface area contributed by atoms with Gasteiger partial charge in [-0.05, 0) is 24.6 Å². The van der Waals surface area contributed by atoms with E-state index >= 15 is 0 Å². The van der Waals surface area contributed by atoms with E-state index in [1.807, 2.05) is 0 Å². The minimum Gasteiger partial charge on any atom is -0.478 e. The Bertz CT molecular complexity index is 692. The summed E-state index contributed by atoms with van der Waals surface area (Å²) in [4.78, 5) is 14.9. The third kappa shape index (κ3) is 2.55. The predicted molar refractivity (Wildman–Crippen MR) is 70.6 cm³/mol. The van der Waals surface area contributed by atoms with Gasteiger partial charge in [-0.25, -0.2) is 13.6 Å². The highest BCUT2D eigenvalue weighted by atomic mass is 35.5. The van der Waals surface area contributed by atoms with Gasteiger partial charge < -0.3 is 10.4 Å². The standard InChI is InChI=1S/C13H9ClF2N2O2/c1-6-8(14)4-17-5-10(6)18-12-7(13(19)20)2-3-9(15)11(12)16/h2-5,18H,1H3,(H,19,20). The van der Waals surface area contributed by atoms with E-state index in [4.69, 9.17) is 16.7 Å². The third-order valence-electron chi connectivity index (χ3n) is 2.74. The van der Waals surface area contributed by atoms with Crippen molar-refractivity contribution in [2.45, 2.75) is 6.92 Å². The van der Waals surface area contributed by atoms with Crippen LogP contribution in [0.4, 0.5) is 20.2 Å². The maximum Gasteiger partial charge on any atom is 0.337 e. The van der Waals surface area contributed by atoms with E-state index in [0.717, 1.165) is 12.1 Å². The summed E-state index contributed by atoms with van der Waals surface area (Å²) < 4.78 is 27.0. The number of aromatic nitrogens is 1. The summed E-state index contributed by atoms with van der Waals surface area (Å²) >= 11 is 5.87. The van der Waals surface area contributed by atoms with Crippen LogP contribution in [0.25, 0.3) is 0 Å². The molecule has 0 fully saturated rings. The van der Waals surface area contributed by atoms with Gasteiger partial charge in [0.15, 0.2) is 11.6 Å². The highest BCUT2D eigenvalue weighted by molar-refractivity contribution is 6.31. The molecule has 7 heteroatoms. The van der Waals surface area contributed by atoms with Crippen molar-refractivity contribution >= 4 is 28.9 Å². The Morgan fingerprint density at radius 3 is 2.70 bits per heavy atom. The Kier molecular flexibility index (Phi) is 3.85. The largest absolute Gasteiger partial charge is 0.478 e. The molecule has 2 N–H and O–H groups in total. The number of benzene rings is 1. The Labute approximate surface area is 118 Å². The smallest absolute Gasteiger partial charge is 0.337 e. The Hall–Kier alpha value is -2.21. The minimum atomic E-state index is -1.38. The second-order valence-corrected chi connectivity index (χ2v) is 4.42. The van der Waals surface area contributed by atoms with Crippen LogP contribution in [0.5, 0.6) is 0 Å². The number of hydrogen-bond donors (Lipinski definition) is 2. The molecular weight excluding hydrogens is 290 g/mol. The van der Waals surface area contributed by atoms with E-state index < -0.39 is 23.3 Å². The monoisotopic (exact) mass is 298 g/mol. The first-order chi connectivity index (χ1) is 9.41.